The molecule has 2 rings (SSSR count). The van der Waals surface area contributed by atoms with Gasteiger partial charge in [-0.15, -0.1) is 11.3 Å². The highest BCUT2D eigenvalue weighted by molar-refractivity contribution is 7.11. The first-order valence-corrected chi connectivity index (χ1v) is 8.16. The molecule has 0 spiro atoms. The zero-order chi connectivity index (χ0) is 15.5. The van der Waals surface area contributed by atoms with Crippen molar-refractivity contribution in [2.45, 2.75) is 52.7 Å². The van der Waals surface area contributed by atoms with Crippen LogP contribution in [0.15, 0.2) is 24.3 Å². The molecule has 0 fully saturated rings. The third-order valence-corrected chi connectivity index (χ3v) is 4.52. The largest absolute Gasteiger partial charge is 0.486 e. The highest BCUT2D eigenvalue weighted by atomic mass is 32.1. The van der Waals surface area contributed by atoms with E-state index in [0.717, 1.165) is 22.9 Å². The Balaban J connectivity index is 2.01. The quantitative estimate of drug-likeness (QED) is 0.907. The van der Waals surface area contributed by atoms with Gasteiger partial charge in [-0.25, -0.2) is 4.98 Å². The molecule has 2 aromatic rings. The van der Waals surface area contributed by atoms with E-state index in [1.54, 1.807) is 11.3 Å². The number of rotatable bonds is 5. The molecule has 0 aliphatic carbocycles. The van der Waals surface area contributed by atoms with Crippen molar-refractivity contribution in [3.63, 3.8) is 0 Å². The second-order valence-electron chi connectivity index (χ2n) is 6.10. The molecule has 2 N–H and O–H groups in total. The smallest absolute Gasteiger partial charge is 0.140 e. The summed E-state index contributed by atoms with van der Waals surface area (Å²) < 4.78 is 5.82. The lowest BCUT2D eigenvalue weighted by atomic mass is 9.87. The molecule has 0 radical (unpaired) electrons. The Bertz CT molecular complexity index is 560. The normalized spacial score (nSPS) is 11.7. The zero-order valence-electron chi connectivity index (χ0n) is 13.3. The van der Waals surface area contributed by atoms with Gasteiger partial charge in [0.15, 0.2) is 0 Å². The van der Waals surface area contributed by atoms with E-state index in [9.17, 15) is 0 Å². The van der Waals surface area contributed by atoms with E-state index >= 15 is 0 Å². The summed E-state index contributed by atoms with van der Waals surface area (Å²) in [6, 6.07) is 8.30. The molecule has 21 heavy (non-hydrogen) atoms. The molecular formula is C17H24N2OS. The Hall–Kier alpha value is -1.39. The number of hydrogen-bond acceptors (Lipinski definition) is 4. The van der Waals surface area contributed by atoms with Gasteiger partial charge >= 0.3 is 0 Å². The summed E-state index contributed by atoms with van der Waals surface area (Å²) in [4.78, 5) is 5.75. The predicted molar refractivity (Wildman–Crippen MR) is 88.9 cm³/mol. The SMILES string of the molecule is CCc1nc(COc2ccc(C(C)(C)C)cc2)sc1CN. The van der Waals surface area contributed by atoms with E-state index in [2.05, 4.69) is 44.8 Å². The first-order valence-electron chi connectivity index (χ1n) is 7.35. The Kier molecular flexibility index (Phi) is 5.01. The van der Waals surface area contributed by atoms with E-state index < -0.39 is 0 Å². The number of hydrogen-bond donors (Lipinski definition) is 1. The summed E-state index contributed by atoms with van der Waals surface area (Å²) in [6.07, 6.45) is 0.920. The van der Waals surface area contributed by atoms with E-state index in [1.165, 1.54) is 10.4 Å². The van der Waals surface area contributed by atoms with Gasteiger partial charge < -0.3 is 10.5 Å². The van der Waals surface area contributed by atoms with Crippen molar-refractivity contribution in [3.05, 3.63) is 45.4 Å². The minimum absolute atomic E-state index is 0.167. The fourth-order valence-electron chi connectivity index (χ4n) is 2.13. The number of ether oxygens (including phenoxy) is 1. The average molecular weight is 304 g/mol. The minimum Gasteiger partial charge on any atom is -0.486 e. The summed E-state index contributed by atoms with van der Waals surface area (Å²) in [5, 5.41) is 0.993. The maximum Gasteiger partial charge on any atom is 0.140 e. The summed E-state index contributed by atoms with van der Waals surface area (Å²) in [7, 11) is 0. The van der Waals surface area contributed by atoms with Crippen LogP contribution in [0.4, 0.5) is 0 Å². The Morgan fingerprint density at radius 3 is 2.33 bits per heavy atom. The average Bonchev–Trinajstić information content (AvgIpc) is 2.87. The number of nitrogens with zero attached hydrogens (tertiary/aromatic N) is 1. The third-order valence-electron chi connectivity index (χ3n) is 3.43. The van der Waals surface area contributed by atoms with Crippen LogP contribution in [-0.2, 0) is 25.0 Å². The molecular weight excluding hydrogens is 280 g/mol. The molecule has 0 atom stereocenters. The van der Waals surface area contributed by atoms with Crippen molar-refractivity contribution in [2.24, 2.45) is 5.73 Å². The Morgan fingerprint density at radius 1 is 1.19 bits per heavy atom. The summed E-state index contributed by atoms with van der Waals surface area (Å²) in [5.41, 5.74) is 8.31. The van der Waals surface area contributed by atoms with Crippen LogP contribution < -0.4 is 10.5 Å². The van der Waals surface area contributed by atoms with Crippen LogP contribution in [0.1, 0.15) is 48.8 Å². The Labute approximate surface area is 131 Å². The van der Waals surface area contributed by atoms with Crippen LogP contribution in [0, 0.1) is 0 Å². The topological polar surface area (TPSA) is 48.1 Å². The molecule has 0 amide bonds. The zero-order valence-corrected chi connectivity index (χ0v) is 14.1. The van der Waals surface area contributed by atoms with E-state index in [-0.39, 0.29) is 5.41 Å². The van der Waals surface area contributed by atoms with E-state index in [4.69, 9.17) is 10.5 Å². The van der Waals surface area contributed by atoms with Crippen LogP contribution in [0.3, 0.4) is 0 Å². The van der Waals surface area contributed by atoms with Crippen LogP contribution >= 0.6 is 11.3 Å². The monoisotopic (exact) mass is 304 g/mol. The van der Waals surface area contributed by atoms with Crippen molar-refractivity contribution < 1.29 is 4.74 Å². The van der Waals surface area contributed by atoms with Gasteiger partial charge in [0.1, 0.15) is 17.4 Å². The van der Waals surface area contributed by atoms with Gasteiger partial charge in [0.2, 0.25) is 0 Å². The number of benzene rings is 1. The van der Waals surface area contributed by atoms with Gasteiger partial charge in [0.05, 0.1) is 5.69 Å². The highest BCUT2D eigenvalue weighted by Gasteiger charge is 2.13. The molecule has 0 aliphatic rings. The predicted octanol–water partition coefficient (Wildman–Crippen LogP) is 4.04. The van der Waals surface area contributed by atoms with E-state index in [1.807, 2.05) is 12.1 Å². The lowest BCUT2D eigenvalue weighted by Crippen LogP contribution is -2.10. The first kappa shape index (κ1) is 16.0. The van der Waals surface area contributed by atoms with Gasteiger partial charge in [-0.1, -0.05) is 39.8 Å². The lowest BCUT2D eigenvalue weighted by molar-refractivity contribution is 0.305. The molecule has 0 saturated heterocycles. The van der Waals surface area contributed by atoms with Crippen molar-refractivity contribution in [1.29, 1.82) is 0 Å². The number of aromatic nitrogens is 1. The molecule has 0 bridgehead atoms. The molecule has 1 aromatic heterocycles. The molecule has 114 valence electrons. The maximum atomic E-state index is 5.82. The molecule has 0 saturated carbocycles. The van der Waals surface area contributed by atoms with Crippen molar-refractivity contribution in [3.8, 4) is 5.75 Å². The fraction of sp³-hybridized carbons (Fsp3) is 0.471. The molecule has 4 heteroatoms. The van der Waals surface area contributed by atoms with Gasteiger partial charge in [0.25, 0.3) is 0 Å². The Morgan fingerprint density at radius 2 is 1.86 bits per heavy atom. The lowest BCUT2D eigenvalue weighted by Gasteiger charge is -2.19. The number of nitrogens with two attached hydrogens (primary N) is 1. The van der Waals surface area contributed by atoms with Crippen LogP contribution in [-0.4, -0.2) is 4.98 Å². The summed E-state index contributed by atoms with van der Waals surface area (Å²) in [6.45, 7) is 9.79. The number of aryl methyl sites for hydroxylation is 1. The summed E-state index contributed by atoms with van der Waals surface area (Å²) in [5.74, 6) is 0.880. The van der Waals surface area contributed by atoms with E-state index in [0.29, 0.717) is 13.2 Å². The van der Waals surface area contributed by atoms with Crippen LogP contribution in [0.2, 0.25) is 0 Å². The van der Waals surface area contributed by atoms with Gasteiger partial charge in [0, 0.05) is 11.4 Å². The first-order chi connectivity index (χ1) is 9.94. The second kappa shape index (κ2) is 6.58. The van der Waals surface area contributed by atoms with Crippen LogP contribution in [0.25, 0.3) is 0 Å². The minimum atomic E-state index is 0.167. The van der Waals surface area contributed by atoms with Gasteiger partial charge in [-0.2, -0.15) is 0 Å². The van der Waals surface area contributed by atoms with Crippen molar-refractivity contribution in [2.75, 3.05) is 0 Å². The van der Waals surface area contributed by atoms with Crippen molar-refractivity contribution in [1.82, 2.24) is 4.98 Å². The highest BCUT2D eigenvalue weighted by Crippen LogP contribution is 2.25. The molecule has 1 heterocycles. The molecule has 0 unspecified atom stereocenters. The molecule has 3 nitrogen and oxygen atoms in total. The van der Waals surface area contributed by atoms with Crippen molar-refractivity contribution >= 4 is 11.3 Å². The summed E-state index contributed by atoms with van der Waals surface area (Å²) >= 11 is 1.65. The number of thiazole rings is 1. The fourth-order valence-corrected chi connectivity index (χ4v) is 3.08. The second-order valence-corrected chi connectivity index (χ2v) is 7.27. The van der Waals surface area contributed by atoms with Gasteiger partial charge in [-0.05, 0) is 29.5 Å². The standard InChI is InChI=1S/C17H24N2OS/c1-5-14-15(10-18)21-16(19-14)11-20-13-8-6-12(7-9-13)17(2,3)4/h6-9H,5,10-11,18H2,1-4H3. The van der Waals surface area contributed by atoms with Crippen LogP contribution in [0.5, 0.6) is 5.75 Å². The molecule has 0 aliphatic heterocycles. The molecule has 1 aromatic carbocycles. The van der Waals surface area contributed by atoms with Gasteiger partial charge in [-0.3, -0.25) is 0 Å². The third kappa shape index (κ3) is 4.05. The maximum absolute atomic E-state index is 5.82.